The molecule has 5 nitrogen and oxygen atoms in total. The number of rotatable bonds is 7. The molecule has 0 bridgehead atoms. The lowest BCUT2D eigenvalue weighted by molar-refractivity contribution is -0.118. The molecular weight excluding hydrogens is 156 g/mol. The molecule has 0 aromatic rings. The first-order valence-corrected chi connectivity index (χ1v) is 4.08. The number of Topliss-reactive ketones (excluding diaryl/α,β-unsaturated/α-hetero) is 1. The summed E-state index contributed by atoms with van der Waals surface area (Å²) in [4.78, 5) is 10.7. The number of nitrogens with two attached hydrogens (primary N) is 2. The van der Waals surface area contributed by atoms with Gasteiger partial charge >= 0.3 is 0 Å². The zero-order valence-electron chi connectivity index (χ0n) is 7.47. The number of hydrogen-bond acceptors (Lipinski definition) is 5. The molecule has 0 saturated heterocycles. The van der Waals surface area contributed by atoms with E-state index in [1.807, 2.05) is 0 Å². The highest BCUT2D eigenvalue weighted by atomic mass is 16.1. The molecule has 0 aliphatic carbocycles. The van der Waals surface area contributed by atoms with Gasteiger partial charge in [-0.05, 0) is 26.3 Å². The minimum atomic E-state index is -0.308. The molecule has 1 atom stereocenters. The summed E-state index contributed by atoms with van der Waals surface area (Å²) in [7, 11) is 0. The van der Waals surface area contributed by atoms with E-state index < -0.39 is 0 Å². The first-order valence-electron chi connectivity index (χ1n) is 4.08. The van der Waals surface area contributed by atoms with Crippen molar-refractivity contribution in [3.8, 4) is 0 Å². The van der Waals surface area contributed by atoms with Gasteiger partial charge in [0.25, 0.3) is 0 Å². The average molecular weight is 174 g/mol. The third kappa shape index (κ3) is 6.23. The molecule has 0 fully saturated rings. The Morgan fingerprint density at radius 1 is 1.58 bits per heavy atom. The molecule has 0 saturated carbocycles. The Morgan fingerprint density at radius 2 is 2.25 bits per heavy atom. The quantitative estimate of drug-likeness (QED) is 0.166. The van der Waals surface area contributed by atoms with Crippen LogP contribution in [0.3, 0.4) is 0 Å². The van der Waals surface area contributed by atoms with Crippen molar-refractivity contribution in [1.29, 1.82) is 0 Å². The van der Waals surface area contributed by atoms with Crippen molar-refractivity contribution in [1.82, 2.24) is 10.7 Å². The molecule has 0 radical (unpaired) electrons. The SMILES string of the molecule is CC(=O)C(N)CCCNCNN. The van der Waals surface area contributed by atoms with E-state index in [1.165, 1.54) is 6.92 Å². The largest absolute Gasteiger partial charge is 0.322 e. The molecular formula is C7H18N4O. The zero-order valence-corrected chi connectivity index (χ0v) is 7.47. The van der Waals surface area contributed by atoms with E-state index in [1.54, 1.807) is 0 Å². The Hall–Kier alpha value is -0.490. The number of ketones is 1. The van der Waals surface area contributed by atoms with E-state index in [9.17, 15) is 4.79 Å². The molecule has 6 N–H and O–H groups in total. The van der Waals surface area contributed by atoms with Crippen LogP contribution in [0, 0.1) is 0 Å². The highest BCUT2D eigenvalue weighted by molar-refractivity contribution is 5.80. The van der Waals surface area contributed by atoms with E-state index in [-0.39, 0.29) is 11.8 Å². The fourth-order valence-corrected chi connectivity index (χ4v) is 0.811. The first-order chi connectivity index (χ1) is 5.68. The fraction of sp³-hybridized carbons (Fsp3) is 0.857. The Kier molecular flexibility index (Phi) is 6.88. The first kappa shape index (κ1) is 11.5. The van der Waals surface area contributed by atoms with Gasteiger partial charge in [0.15, 0.2) is 0 Å². The van der Waals surface area contributed by atoms with Gasteiger partial charge in [-0.2, -0.15) is 0 Å². The molecule has 0 aromatic heterocycles. The lowest BCUT2D eigenvalue weighted by Crippen LogP contribution is -2.35. The van der Waals surface area contributed by atoms with Crippen molar-refractivity contribution in [2.24, 2.45) is 11.6 Å². The van der Waals surface area contributed by atoms with Crippen molar-refractivity contribution in [3.63, 3.8) is 0 Å². The van der Waals surface area contributed by atoms with E-state index in [0.717, 1.165) is 19.4 Å². The van der Waals surface area contributed by atoms with Gasteiger partial charge in [0.05, 0.1) is 12.7 Å². The van der Waals surface area contributed by atoms with Crippen molar-refractivity contribution in [3.05, 3.63) is 0 Å². The van der Waals surface area contributed by atoms with Crippen LogP contribution in [0.1, 0.15) is 19.8 Å². The maximum atomic E-state index is 10.7. The minimum absolute atomic E-state index is 0.0481. The summed E-state index contributed by atoms with van der Waals surface area (Å²) < 4.78 is 0. The van der Waals surface area contributed by atoms with Gasteiger partial charge in [0.2, 0.25) is 0 Å². The number of carbonyl (C=O) groups is 1. The second kappa shape index (κ2) is 7.17. The van der Waals surface area contributed by atoms with Crippen LogP contribution in [-0.4, -0.2) is 25.0 Å². The molecule has 0 rings (SSSR count). The fourth-order valence-electron chi connectivity index (χ4n) is 0.811. The van der Waals surface area contributed by atoms with Crippen LogP contribution in [0.15, 0.2) is 0 Å². The maximum Gasteiger partial charge on any atom is 0.146 e. The zero-order chi connectivity index (χ0) is 9.40. The molecule has 0 spiro atoms. The van der Waals surface area contributed by atoms with Crippen molar-refractivity contribution in [2.45, 2.75) is 25.8 Å². The topological polar surface area (TPSA) is 93.2 Å². The van der Waals surface area contributed by atoms with E-state index in [2.05, 4.69) is 10.7 Å². The van der Waals surface area contributed by atoms with Gasteiger partial charge in [0, 0.05) is 0 Å². The maximum absolute atomic E-state index is 10.7. The van der Waals surface area contributed by atoms with Crippen LogP contribution >= 0.6 is 0 Å². The van der Waals surface area contributed by atoms with Crippen LogP contribution in [0.25, 0.3) is 0 Å². The van der Waals surface area contributed by atoms with Gasteiger partial charge in [-0.3, -0.25) is 10.6 Å². The van der Waals surface area contributed by atoms with Gasteiger partial charge in [-0.15, -0.1) is 0 Å². The van der Waals surface area contributed by atoms with Crippen LogP contribution in [-0.2, 0) is 4.79 Å². The number of hydrogen-bond donors (Lipinski definition) is 4. The van der Waals surface area contributed by atoms with E-state index >= 15 is 0 Å². The van der Waals surface area contributed by atoms with Crippen molar-refractivity contribution >= 4 is 5.78 Å². The lowest BCUT2D eigenvalue weighted by atomic mass is 10.1. The third-order valence-corrected chi connectivity index (χ3v) is 1.62. The standard InChI is InChI=1S/C7H18N4O/c1-6(12)7(8)3-2-4-10-5-11-9/h7,10-11H,2-5,8-9H2,1H3. The summed E-state index contributed by atoms with van der Waals surface area (Å²) >= 11 is 0. The number of carbonyl (C=O) groups excluding carboxylic acids is 1. The highest BCUT2D eigenvalue weighted by Crippen LogP contribution is 1.93. The van der Waals surface area contributed by atoms with E-state index in [0.29, 0.717) is 6.67 Å². The summed E-state index contributed by atoms with van der Waals surface area (Å²) in [6, 6.07) is -0.308. The molecule has 1 unspecified atom stereocenters. The molecule has 12 heavy (non-hydrogen) atoms. The van der Waals surface area contributed by atoms with Gasteiger partial charge in [0.1, 0.15) is 5.78 Å². The van der Waals surface area contributed by atoms with Gasteiger partial charge in [-0.25, -0.2) is 5.43 Å². The third-order valence-electron chi connectivity index (χ3n) is 1.62. The van der Waals surface area contributed by atoms with Crippen LogP contribution in [0.4, 0.5) is 0 Å². The molecule has 0 aromatic carbocycles. The second-order valence-corrected chi connectivity index (χ2v) is 2.74. The molecule has 5 heteroatoms. The smallest absolute Gasteiger partial charge is 0.146 e. The summed E-state index contributed by atoms with van der Waals surface area (Å²) in [5.41, 5.74) is 7.98. The Balaban J connectivity index is 3.14. The number of nitrogens with one attached hydrogen (secondary N) is 2. The predicted octanol–water partition coefficient (Wildman–Crippen LogP) is -1.31. The lowest BCUT2D eigenvalue weighted by Gasteiger charge is -2.07. The van der Waals surface area contributed by atoms with Gasteiger partial charge < -0.3 is 11.1 Å². The predicted molar refractivity (Wildman–Crippen MR) is 48.1 cm³/mol. The molecule has 0 amide bonds. The molecule has 0 aliphatic rings. The molecule has 0 heterocycles. The molecule has 72 valence electrons. The summed E-state index contributed by atoms with van der Waals surface area (Å²) in [6.45, 7) is 2.92. The van der Waals surface area contributed by atoms with Gasteiger partial charge in [-0.1, -0.05) is 0 Å². The Morgan fingerprint density at radius 3 is 2.75 bits per heavy atom. The van der Waals surface area contributed by atoms with Crippen LogP contribution < -0.4 is 22.3 Å². The average Bonchev–Trinajstić information content (AvgIpc) is 2.03. The van der Waals surface area contributed by atoms with Crippen molar-refractivity contribution < 1.29 is 4.79 Å². The van der Waals surface area contributed by atoms with E-state index in [4.69, 9.17) is 11.6 Å². The normalized spacial score (nSPS) is 12.9. The summed E-state index contributed by atoms with van der Waals surface area (Å²) in [6.07, 6.45) is 1.62. The van der Waals surface area contributed by atoms with Crippen molar-refractivity contribution in [2.75, 3.05) is 13.2 Å². The highest BCUT2D eigenvalue weighted by Gasteiger charge is 2.05. The monoisotopic (exact) mass is 174 g/mol. The summed E-state index contributed by atoms with van der Waals surface area (Å²) in [5, 5.41) is 3.03. The number of hydrazine groups is 1. The summed E-state index contributed by atoms with van der Waals surface area (Å²) in [5.74, 6) is 5.08. The second-order valence-electron chi connectivity index (χ2n) is 2.74. The minimum Gasteiger partial charge on any atom is -0.322 e. The Labute approximate surface area is 72.8 Å². The van der Waals surface area contributed by atoms with Crippen LogP contribution in [0.5, 0.6) is 0 Å². The Bertz CT molecular complexity index is 129. The van der Waals surface area contributed by atoms with Crippen LogP contribution in [0.2, 0.25) is 0 Å². The molecule has 0 aliphatic heterocycles.